The standard InChI is InChI=1S/C25H34N2O4/c1-30-21-10-20(11-22(12-21)31-2)24(29)27-5-3-26(4-6-27)23(28)16-25-13-17-7-18(14-25)9-19(8-17)15-25/h10-12,17-19H,3-9,13-16H2,1-2H3. The van der Waals surface area contributed by atoms with Crippen molar-refractivity contribution in [3.63, 3.8) is 0 Å². The van der Waals surface area contributed by atoms with Crippen LogP contribution in [0.4, 0.5) is 0 Å². The first kappa shape index (κ1) is 20.7. The third-order valence-corrected chi connectivity index (χ3v) is 8.21. The van der Waals surface area contributed by atoms with Gasteiger partial charge in [-0.15, -0.1) is 0 Å². The van der Waals surface area contributed by atoms with E-state index in [2.05, 4.69) is 0 Å². The zero-order valence-corrected chi connectivity index (χ0v) is 18.8. The summed E-state index contributed by atoms with van der Waals surface area (Å²) in [5.74, 6) is 4.08. The Kier molecular flexibility index (Phi) is 5.35. The second-order valence-corrected chi connectivity index (χ2v) is 10.4. The van der Waals surface area contributed by atoms with Crippen LogP contribution >= 0.6 is 0 Å². The summed E-state index contributed by atoms with van der Waals surface area (Å²) in [6.45, 7) is 2.39. The number of methoxy groups -OCH3 is 2. The maximum atomic E-state index is 13.2. The minimum absolute atomic E-state index is 0.0367. The van der Waals surface area contributed by atoms with Crippen LogP contribution in [0.1, 0.15) is 55.3 Å². The molecule has 6 rings (SSSR count). The summed E-state index contributed by atoms with van der Waals surface area (Å²) in [6, 6.07) is 5.25. The summed E-state index contributed by atoms with van der Waals surface area (Å²) in [5, 5.41) is 0. The Morgan fingerprint density at radius 3 is 1.81 bits per heavy atom. The molecule has 0 radical (unpaired) electrons. The van der Waals surface area contributed by atoms with Gasteiger partial charge in [-0.3, -0.25) is 9.59 Å². The van der Waals surface area contributed by atoms with E-state index in [0.29, 0.717) is 49.1 Å². The average Bonchev–Trinajstić information content (AvgIpc) is 2.77. The topological polar surface area (TPSA) is 59.1 Å². The molecule has 168 valence electrons. The first-order valence-electron chi connectivity index (χ1n) is 11.8. The molecular formula is C25H34N2O4. The summed E-state index contributed by atoms with van der Waals surface area (Å²) in [6.07, 6.45) is 8.73. The molecule has 5 aliphatic rings. The highest BCUT2D eigenvalue weighted by Crippen LogP contribution is 2.61. The van der Waals surface area contributed by atoms with E-state index in [0.717, 1.165) is 24.2 Å². The molecule has 4 bridgehead atoms. The van der Waals surface area contributed by atoms with Crippen LogP contribution in [-0.4, -0.2) is 62.0 Å². The number of amides is 2. The fourth-order valence-corrected chi connectivity index (χ4v) is 7.21. The van der Waals surface area contributed by atoms with Crippen molar-refractivity contribution in [3.05, 3.63) is 23.8 Å². The Labute approximate surface area is 184 Å². The lowest BCUT2D eigenvalue weighted by Crippen LogP contribution is -2.53. The molecule has 0 spiro atoms. The van der Waals surface area contributed by atoms with E-state index in [1.165, 1.54) is 38.5 Å². The molecule has 1 aromatic carbocycles. The largest absolute Gasteiger partial charge is 0.497 e. The van der Waals surface area contributed by atoms with Crippen LogP contribution in [-0.2, 0) is 4.79 Å². The van der Waals surface area contributed by atoms with Gasteiger partial charge >= 0.3 is 0 Å². The van der Waals surface area contributed by atoms with Crippen molar-refractivity contribution in [2.45, 2.75) is 44.9 Å². The van der Waals surface area contributed by atoms with Gasteiger partial charge in [-0.25, -0.2) is 0 Å². The molecule has 0 unspecified atom stereocenters. The van der Waals surface area contributed by atoms with E-state index in [1.807, 2.05) is 9.80 Å². The number of nitrogens with zero attached hydrogens (tertiary/aromatic N) is 2. The smallest absolute Gasteiger partial charge is 0.254 e. The monoisotopic (exact) mass is 426 g/mol. The van der Waals surface area contributed by atoms with Crippen LogP contribution in [0.3, 0.4) is 0 Å². The van der Waals surface area contributed by atoms with Crippen LogP contribution in [0.25, 0.3) is 0 Å². The molecule has 31 heavy (non-hydrogen) atoms. The van der Waals surface area contributed by atoms with Gasteiger partial charge in [0.15, 0.2) is 0 Å². The lowest BCUT2D eigenvalue weighted by molar-refractivity contribution is -0.141. The highest BCUT2D eigenvalue weighted by Gasteiger charge is 2.51. The first-order valence-corrected chi connectivity index (χ1v) is 11.8. The van der Waals surface area contributed by atoms with E-state index in [1.54, 1.807) is 32.4 Å². The summed E-state index contributed by atoms with van der Waals surface area (Å²) in [5.41, 5.74) is 0.834. The lowest BCUT2D eigenvalue weighted by Gasteiger charge is -2.57. The molecule has 2 amide bonds. The van der Waals surface area contributed by atoms with Crippen LogP contribution in [0.15, 0.2) is 18.2 Å². The molecular weight excluding hydrogens is 392 g/mol. The van der Waals surface area contributed by atoms with Gasteiger partial charge < -0.3 is 19.3 Å². The van der Waals surface area contributed by atoms with Crippen LogP contribution in [0.2, 0.25) is 0 Å². The predicted octanol–water partition coefficient (Wildman–Crippen LogP) is 3.59. The SMILES string of the molecule is COc1cc(OC)cc(C(=O)N2CCN(C(=O)CC34CC5CC(CC(C5)C3)C4)CC2)c1. The number of carbonyl (C=O) groups excluding carboxylic acids is 2. The van der Waals surface area contributed by atoms with Crippen molar-refractivity contribution in [1.29, 1.82) is 0 Å². The van der Waals surface area contributed by atoms with Crippen LogP contribution in [0.5, 0.6) is 11.5 Å². The molecule has 1 saturated heterocycles. The number of benzene rings is 1. The van der Waals surface area contributed by atoms with Gasteiger partial charge in [0.05, 0.1) is 14.2 Å². The lowest BCUT2D eigenvalue weighted by atomic mass is 9.49. The van der Waals surface area contributed by atoms with Crippen molar-refractivity contribution in [1.82, 2.24) is 9.80 Å². The first-order chi connectivity index (χ1) is 15.0. The predicted molar refractivity (Wildman–Crippen MR) is 117 cm³/mol. The third kappa shape index (κ3) is 4.01. The average molecular weight is 427 g/mol. The van der Waals surface area contributed by atoms with Crippen molar-refractivity contribution >= 4 is 11.8 Å². The fraction of sp³-hybridized carbons (Fsp3) is 0.680. The summed E-state index contributed by atoms with van der Waals surface area (Å²) < 4.78 is 10.6. The van der Waals surface area contributed by atoms with Gasteiger partial charge in [0, 0.05) is 44.2 Å². The molecule has 1 aromatic rings. The maximum absolute atomic E-state index is 13.2. The van der Waals surface area contributed by atoms with Crippen molar-refractivity contribution in [3.8, 4) is 11.5 Å². The zero-order chi connectivity index (χ0) is 21.6. The van der Waals surface area contributed by atoms with Gasteiger partial charge in [-0.05, 0) is 73.8 Å². The number of hydrogen-bond acceptors (Lipinski definition) is 4. The Hall–Kier alpha value is -2.24. The number of carbonyl (C=O) groups is 2. The molecule has 0 atom stereocenters. The molecule has 1 aliphatic heterocycles. The number of ether oxygens (including phenoxy) is 2. The highest BCUT2D eigenvalue weighted by atomic mass is 16.5. The molecule has 5 fully saturated rings. The van der Waals surface area contributed by atoms with Gasteiger partial charge in [0.1, 0.15) is 11.5 Å². The number of piperazine rings is 1. The molecule has 4 aliphatic carbocycles. The van der Waals surface area contributed by atoms with Crippen molar-refractivity contribution < 1.29 is 19.1 Å². The van der Waals surface area contributed by atoms with Crippen molar-refractivity contribution in [2.75, 3.05) is 40.4 Å². The maximum Gasteiger partial charge on any atom is 0.254 e. The fourth-order valence-electron chi connectivity index (χ4n) is 7.21. The molecule has 0 N–H and O–H groups in total. The minimum atomic E-state index is -0.0367. The Balaban J connectivity index is 1.19. The van der Waals surface area contributed by atoms with E-state index in [4.69, 9.17) is 9.47 Å². The molecule has 6 nitrogen and oxygen atoms in total. The van der Waals surface area contributed by atoms with Gasteiger partial charge in [0.25, 0.3) is 5.91 Å². The van der Waals surface area contributed by atoms with Crippen LogP contribution < -0.4 is 9.47 Å². The van der Waals surface area contributed by atoms with Crippen LogP contribution in [0, 0.1) is 23.2 Å². The second kappa shape index (κ2) is 8.03. The van der Waals surface area contributed by atoms with E-state index >= 15 is 0 Å². The molecule has 6 heteroatoms. The third-order valence-electron chi connectivity index (χ3n) is 8.21. The van der Waals surface area contributed by atoms with Gasteiger partial charge in [-0.2, -0.15) is 0 Å². The van der Waals surface area contributed by atoms with E-state index < -0.39 is 0 Å². The van der Waals surface area contributed by atoms with E-state index in [-0.39, 0.29) is 11.3 Å². The Bertz CT molecular complexity index is 802. The minimum Gasteiger partial charge on any atom is -0.497 e. The van der Waals surface area contributed by atoms with Gasteiger partial charge in [-0.1, -0.05) is 0 Å². The van der Waals surface area contributed by atoms with Gasteiger partial charge in [0.2, 0.25) is 5.91 Å². The summed E-state index contributed by atoms with van der Waals surface area (Å²) >= 11 is 0. The summed E-state index contributed by atoms with van der Waals surface area (Å²) in [7, 11) is 3.16. The second-order valence-electron chi connectivity index (χ2n) is 10.4. The Morgan fingerprint density at radius 1 is 0.839 bits per heavy atom. The zero-order valence-electron chi connectivity index (χ0n) is 18.8. The molecule has 4 saturated carbocycles. The van der Waals surface area contributed by atoms with Crippen molar-refractivity contribution in [2.24, 2.45) is 23.2 Å². The molecule has 1 heterocycles. The number of rotatable bonds is 5. The normalized spacial score (nSPS) is 31.6. The highest BCUT2D eigenvalue weighted by molar-refractivity contribution is 5.95. The Morgan fingerprint density at radius 2 is 1.32 bits per heavy atom. The molecule has 0 aromatic heterocycles. The van der Waals surface area contributed by atoms with E-state index in [9.17, 15) is 9.59 Å². The summed E-state index contributed by atoms with van der Waals surface area (Å²) in [4.78, 5) is 30.0. The number of hydrogen-bond donors (Lipinski definition) is 0. The quantitative estimate of drug-likeness (QED) is 0.722.